The average molecular weight is 296 g/mol. The van der Waals surface area contributed by atoms with E-state index in [1.807, 2.05) is 0 Å². The van der Waals surface area contributed by atoms with Crippen LogP contribution in [0.5, 0.6) is 0 Å². The normalized spacial score (nSPS) is 24.3. The van der Waals surface area contributed by atoms with E-state index in [1.54, 1.807) is 20.8 Å². The molecule has 0 heterocycles. The first-order chi connectivity index (χ1) is 9.05. The van der Waals surface area contributed by atoms with Gasteiger partial charge in [-0.2, -0.15) is 13.2 Å². The molecular formula is C13H23F3N2O2. The molecule has 0 atom stereocenters. The molecule has 0 bridgehead atoms. The SMILES string of the molecule is CC(C)(C)OC(=O)NC1CCC(NCC(F)(F)F)CC1. The fraction of sp³-hybridized carbons (Fsp3) is 0.923. The lowest BCUT2D eigenvalue weighted by atomic mass is 9.91. The highest BCUT2D eigenvalue weighted by Crippen LogP contribution is 2.21. The number of carbonyl (C=O) groups excluding carboxylic acids is 1. The molecule has 2 N–H and O–H groups in total. The van der Waals surface area contributed by atoms with Crippen LogP contribution < -0.4 is 10.6 Å². The zero-order valence-corrected chi connectivity index (χ0v) is 12.1. The van der Waals surface area contributed by atoms with Gasteiger partial charge in [0.05, 0.1) is 6.54 Å². The Bertz CT molecular complexity index is 319. The zero-order valence-electron chi connectivity index (χ0n) is 12.1. The number of nitrogens with one attached hydrogen (secondary N) is 2. The molecule has 0 saturated heterocycles. The molecule has 1 amide bonds. The van der Waals surface area contributed by atoms with E-state index in [4.69, 9.17) is 4.74 Å². The van der Waals surface area contributed by atoms with Gasteiger partial charge in [0.2, 0.25) is 0 Å². The summed E-state index contributed by atoms with van der Waals surface area (Å²) in [5.41, 5.74) is -0.546. The van der Waals surface area contributed by atoms with Crippen molar-refractivity contribution in [3.05, 3.63) is 0 Å². The Kier molecular flexibility index (Phi) is 5.68. The standard InChI is InChI=1S/C13H23F3N2O2/c1-12(2,3)20-11(19)18-10-6-4-9(5-7-10)17-8-13(14,15)16/h9-10,17H,4-8H2,1-3H3,(H,18,19). The van der Waals surface area contributed by atoms with Crippen LogP contribution in [0.1, 0.15) is 46.5 Å². The molecular weight excluding hydrogens is 273 g/mol. The number of ether oxygens (including phenoxy) is 1. The number of hydrogen-bond donors (Lipinski definition) is 2. The number of rotatable bonds is 3. The van der Waals surface area contributed by atoms with Gasteiger partial charge in [0, 0.05) is 12.1 Å². The first-order valence-electron chi connectivity index (χ1n) is 6.85. The fourth-order valence-electron chi connectivity index (χ4n) is 2.18. The van der Waals surface area contributed by atoms with Crippen molar-refractivity contribution in [2.24, 2.45) is 0 Å². The second-order valence-electron chi connectivity index (χ2n) is 6.19. The Labute approximate surface area is 117 Å². The summed E-state index contributed by atoms with van der Waals surface area (Å²) in [6.45, 7) is 4.39. The van der Waals surface area contributed by atoms with Crippen LogP contribution >= 0.6 is 0 Å². The number of carbonyl (C=O) groups is 1. The highest BCUT2D eigenvalue weighted by atomic mass is 19.4. The zero-order chi connectivity index (χ0) is 15.4. The molecule has 0 spiro atoms. The molecule has 118 valence electrons. The molecule has 0 aromatic carbocycles. The van der Waals surface area contributed by atoms with E-state index in [0.29, 0.717) is 25.7 Å². The predicted octanol–water partition coefficient (Wildman–Crippen LogP) is 2.97. The summed E-state index contributed by atoms with van der Waals surface area (Å²) in [5.74, 6) is 0. The minimum Gasteiger partial charge on any atom is -0.444 e. The van der Waals surface area contributed by atoms with Crippen molar-refractivity contribution in [3.8, 4) is 0 Å². The molecule has 0 aliphatic heterocycles. The largest absolute Gasteiger partial charge is 0.444 e. The van der Waals surface area contributed by atoms with Crippen LogP contribution in [0.3, 0.4) is 0 Å². The predicted molar refractivity (Wildman–Crippen MR) is 69.5 cm³/mol. The summed E-state index contributed by atoms with van der Waals surface area (Å²) in [7, 11) is 0. The second-order valence-corrected chi connectivity index (χ2v) is 6.19. The number of hydrogen-bond acceptors (Lipinski definition) is 3. The van der Waals surface area contributed by atoms with E-state index in [1.165, 1.54) is 0 Å². The van der Waals surface area contributed by atoms with Crippen LogP contribution in [0.25, 0.3) is 0 Å². The lowest BCUT2D eigenvalue weighted by molar-refractivity contribution is -0.126. The Balaban J connectivity index is 2.24. The second kappa shape index (κ2) is 6.65. The van der Waals surface area contributed by atoms with Crippen LogP contribution in [0, 0.1) is 0 Å². The van der Waals surface area contributed by atoms with Crippen LogP contribution in [0.4, 0.5) is 18.0 Å². The Hall–Kier alpha value is -0.980. The average Bonchev–Trinajstić information content (AvgIpc) is 2.24. The van der Waals surface area contributed by atoms with Gasteiger partial charge in [0.1, 0.15) is 5.60 Å². The van der Waals surface area contributed by atoms with Gasteiger partial charge in [0.15, 0.2) is 0 Å². The first-order valence-corrected chi connectivity index (χ1v) is 6.85. The lowest BCUT2D eigenvalue weighted by Gasteiger charge is -2.30. The molecule has 1 aliphatic carbocycles. The minimum atomic E-state index is -4.17. The van der Waals surface area contributed by atoms with Gasteiger partial charge in [-0.25, -0.2) is 4.79 Å². The van der Waals surface area contributed by atoms with Gasteiger partial charge in [-0.3, -0.25) is 0 Å². The monoisotopic (exact) mass is 296 g/mol. The summed E-state index contributed by atoms with van der Waals surface area (Å²) in [6, 6.07) is -0.151. The summed E-state index contributed by atoms with van der Waals surface area (Å²) in [5, 5.41) is 5.26. The first kappa shape index (κ1) is 17.1. The van der Waals surface area contributed by atoms with Crippen LogP contribution in [-0.2, 0) is 4.74 Å². The van der Waals surface area contributed by atoms with E-state index in [2.05, 4.69) is 10.6 Å². The molecule has 7 heteroatoms. The number of alkyl halides is 3. The van der Waals surface area contributed by atoms with E-state index in [9.17, 15) is 18.0 Å². The van der Waals surface area contributed by atoms with Gasteiger partial charge in [0.25, 0.3) is 0 Å². The van der Waals surface area contributed by atoms with Crippen molar-refractivity contribution < 1.29 is 22.7 Å². The van der Waals surface area contributed by atoms with Crippen molar-refractivity contribution in [3.63, 3.8) is 0 Å². The highest BCUT2D eigenvalue weighted by molar-refractivity contribution is 5.68. The van der Waals surface area contributed by atoms with Crippen LogP contribution in [-0.4, -0.2) is 36.5 Å². The molecule has 20 heavy (non-hydrogen) atoms. The van der Waals surface area contributed by atoms with Crippen LogP contribution in [0.2, 0.25) is 0 Å². The molecule has 0 aromatic heterocycles. The van der Waals surface area contributed by atoms with Crippen molar-refractivity contribution >= 4 is 6.09 Å². The van der Waals surface area contributed by atoms with E-state index in [-0.39, 0.29) is 12.1 Å². The minimum absolute atomic E-state index is 0.0196. The Morgan fingerprint density at radius 3 is 2.05 bits per heavy atom. The summed E-state index contributed by atoms with van der Waals surface area (Å²) < 4.78 is 41.4. The number of halogens is 3. The number of alkyl carbamates (subject to hydrolysis) is 1. The topological polar surface area (TPSA) is 50.4 Å². The molecule has 0 radical (unpaired) electrons. The number of amides is 1. The van der Waals surface area contributed by atoms with Gasteiger partial charge in [-0.15, -0.1) is 0 Å². The van der Waals surface area contributed by atoms with Gasteiger partial charge >= 0.3 is 12.3 Å². The van der Waals surface area contributed by atoms with Gasteiger partial charge in [-0.1, -0.05) is 0 Å². The molecule has 1 fully saturated rings. The highest BCUT2D eigenvalue weighted by Gasteiger charge is 2.30. The quantitative estimate of drug-likeness (QED) is 0.842. The van der Waals surface area contributed by atoms with Crippen molar-refractivity contribution in [2.45, 2.75) is 70.3 Å². The molecule has 1 aliphatic rings. The third kappa shape index (κ3) is 7.57. The lowest BCUT2D eigenvalue weighted by Crippen LogP contribution is -2.45. The maximum atomic E-state index is 12.1. The third-order valence-corrected chi connectivity index (χ3v) is 3.04. The van der Waals surface area contributed by atoms with Crippen molar-refractivity contribution in [2.75, 3.05) is 6.54 Å². The molecule has 4 nitrogen and oxygen atoms in total. The Morgan fingerprint density at radius 2 is 1.60 bits per heavy atom. The maximum absolute atomic E-state index is 12.1. The molecule has 0 unspecified atom stereocenters. The summed E-state index contributed by atoms with van der Waals surface area (Å²) in [4.78, 5) is 11.6. The van der Waals surface area contributed by atoms with Crippen molar-refractivity contribution in [1.29, 1.82) is 0 Å². The molecule has 0 aromatic rings. The molecule has 1 saturated carbocycles. The van der Waals surface area contributed by atoms with Crippen LogP contribution in [0.15, 0.2) is 0 Å². The summed E-state index contributed by atoms with van der Waals surface area (Å²) in [6.07, 6.45) is -2.08. The Morgan fingerprint density at radius 1 is 1.10 bits per heavy atom. The van der Waals surface area contributed by atoms with Gasteiger partial charge < -0.3 is 15.4 Å². The molecule has 1 rings (SSSR count). The van der Waals surface area contributed by atoms with Gasteiger partial charge in [-0.05, 0) is 46.5 Å². The van der Waals surface area contributed by atoms with E-state index >= 15 is 0 Å². The third-order valence-electron chi connectivity index (χ3n) is 3.04. The smallest absolute Gasteiger partial charge is 0.407 e. The maximum Gasteiger partial charge on any atom is 0.407 e. The fourth-order valence-corrected chi connectivity index (χ4v) is 2.18. The van der Waals surface area contributed by atoms with Crippen molar-refractivity contribution in [1.82, 2.24) is 10.6 Å². The summed E-state index contributed by atoms with van der Waals surface area (Å²) >= 11 is 0. The van der Waals surface area contributed by atoms with E-state index < -0.39 is 24.4 Å². The van der Waals surface area contributed by atoms with E-state index in [0.717, 1.165) is 0 Å².